The fraction of sp³-hybridized carbons (Fsp3) is 0.263. The normalized spacial score (nSPS) is 16.0. The predicted octanol–water partition coefficient (Wildman–Crippen LogP) is 2.88. The number of hydrogen-bond donors (Lipinski definition) is 1. The molecule has 1 amide bonds. The van der Waals surface area contributed by atoms with Crippen molar-refractivity contribution in [2.45, 2.75) is 12.8 Å². The molecule has 1 heterocycles. The molecule has 0 unspecified atom stereocenters. The summed E-state index contributed by atoms with van der Waals surface area (Å²) in [5.74, 6) is -0.617. The van der Waals surface area contributed by atoms with E-state index in [2.05, 4.69) is 5.32 Å². The highest BCUT2D eigenvalue weighted by molar-refractivity contribution is 7.92. The van der Waals surface area contributed by atoms with Gasteiger partial charge in [-0.1, -0.05) is 41.9 Å². The molecule has 3 rings (SSSR count). The van der Waals surface area contributed by atoms with Gasteiger partial charge < -0.3 is 5.32 Å². The molecule has 2 aromatic rings. The van der Waals surface area contributed by atoms with Gasteiger partial charge in [-0.25, -0.2) is 8.42 Å². The number of Topliss-reactive ketones (excluding diaryl/α,β-unsaturated/α-hetero) is 1. The van der Waals surface area contributed by atoms with Crippen molar-refractivity contribution in [1.29, 1.82) is 0 Å². The second-order valence-corrected chi connectivity index (χ2v) is 8.65. The summed E-state index contributed by atoms with van der Waals surface area (Å²) in [4.78, 5) is 24.5. The molecule has 0 spiro atoms. The Morgan fingerprint density at radius 2 is 1.78 bits per heavy atom. The van der Waals surface area contributed by atoms with Crippen LogP contribution in [0.3, 0.4) is 0 Å². The molecule has 1 aliphatic rings. The third-order valence-corrected chi connectivity index (χ3v) is 6.51. The number of benzene rings is 2. The lowest BCUT2D eigenvalue weighted by atomic mass is 10.1. The molecular weight excluding hydrogens is 388 g/mol. The Morgan fingerprint density at radius 3 is 2.48 bits per heavy atom. The van der Waals surface area contributed by atoms with Crippen molar-refractivity contribution in [3.8, 4) is 0 Å². The highest BCUT2D eigenvalue weighted by Gasteiger charge is 2.28. The Morgan fingerprint density at radius 1 is 1.04 bits per heavy atom. The lowest BCUT2D eigenvalue weighted by Gasteiger charge is -2.29. The summed E-state index contributed by atoms with van der Waals surface area (Å²) >= 11 is 6.18. The minimum absolute atomic E-state index is 0.0608. The second kappa shape index (κ2) is 8.10. The van der Waals surface area contributed by atoms with Gasteiger partial charge in [-0.15, -0.1) is 0 Å². The topological polar surface area (TPSA) is 83.6 Å². The first-order valence-corrected chi connectivity index (χ1v) is 10.5. The van der Waals surface area contributed by atoms with Gasteiger partial charge in [0.05, 0.1) is 23.0 Å². The van der Waals surface area contributed by atoms with Crippen LogP contribution in [0.15, 0.2) is 48.5 Å². The molecule has 1 aliphatic heterocycles. The summed E-state index contributed by atoms with van der Waals surface area (Å²) in [5, 5.41) is 2.83. The maximum atomic E-state index is 12.4. The van der Waals surface area contributed by atoms with E-state index in [1.807, 2.05) is 0 Å². The molecule has 1 saturated heterocycles. The summed E-state index contributed by atoms with van der Waals surface area (Å²) in [6.45, 7) is 0.183. The largest absolute Gasteiger partial charge is 0.345 e. The predicted molar refractivity (Wildman–Crippen MR) is 105 cm³/mol. The molecule has 0 bridgehead atoms. The van der Waals surface area contributed by atoms with Crippen molar-refractivity contribution in [2.24, 2.45) is 0 Å². The Kier molecular flexibility index (Phi) is 5.82. The number of carbonyl (C=O) groups excluding carboxylic acids is 2. The van der Waals surface area contributed by atoms with Crippen LogP contribution in [0.1, 0.15) is 33.6 Å². The minimum atomic E-state index is -3.44. The first-order valence-electron chi connectivity index (χ1n) is 8.55. The van der Waals surface area contributed by atoms with E-state index in [-0.39, 0.29) is 28.7 Å². The Bertz CT molecular complexity index is 961. The number of anilines is 1. The number of rotatable bonds is 5. The number of nitrogens with one attached hydrogen (secondary N) is 1. The van der Waals surface area contributed by atoms with Crippen LogP contribution in [0, 0.1) is 0 Å². The highest BCUT2D eigenvalue weighted by atomic mass is 35.5. The first kappa shape index (κ1) is 19.4. The van der Waals surface area contributed by atoms with Crippen LogP contribution in [0.2, 0.25) is 5.02 Å². The van der Waals surface area contributed by atoms with Gasteiger partial charge in [0.15, 0.2) is 5.78 Å². The third-order valence-electron chi connectivity index (χ3n) is 4.33. The van der Waals surface area contributed by atoms with E-state index in [9.17, 15) is 18.0 Å². The number of amides is 1. The number of halogens is 1. The summed E-state index contributed by atoms with van der Waals surface area (Å²) in [6.07, 6.45) is 1.34. The van der Waals surface area contributed by atoms with Gasteiger partial charge in [0.1, 0.15) is 0 Å². The van der Waals surface area contributed by atoms with Crippen molar-refractivity contribution >= 4 is 39.0 Å². The first-order chi connectivity index (χ1) is 12.9. The summed E-state index contributed by atoms with van der Waals surface area (Å²) < 4.78 is 25.9. The van der Waals surface area contributed by atoms with Gasteiger partial charge in [-0.3, -0.25) is 13.9 Å². The van der Waals surface area contributed by atoms with Crippen LogP contribution in [0.4, 0.5) is 5.69 Å². The molecular formula is C19H19ClN2O4S. The second-order valence-electron chi connectivity index (χ2n) is 6.23. The molecule has 2 aromatic carbocycles. The van der Waals surface area contributed by atoms with E-state index in [1.54, 1.807) is 30.3 Å². The fourth-order valence-electron chi connectivity index (χ4n) is 2.89. The van der Waals surface area contributed by atoms with Crippen LogP contribution < -0.4 is 9.62 Å². The number of sulfonamides is 1. The zero-order chi connectivity index (χ0) is 19.4. The molecule has 0 radical (unpaired) electrons. The molecule has 1 fully saturated rings. The van der Waals surface area contributed by atoms with E-state index in [1.165, 1.54) is 22.5 Å². The molecule has 0 atom stereocenters. The van der Waals surface area contributed by atoms with Crippen LogP contribution in [0.25, 0.3) is 0 Å². The average Bonchev–Trinajstić information content (AvgIpc) is 2.67. The number of nitrogens with zero attached hydrogens (tertiary/aromatic N) is 1. The molecule has 1 N–H and O–H groups in total. The van der Waals surface area contributed by atoms with E-state index in [0.717, 1.165) is 6.42 Å². The standard InChI is InChI=1S/C19H19ClN2O4S/c20-16-9-8-15(12-17(16)22-10-4-5-11-27(22,25)26)19(24)21-13-18(23)14-6-2-1-3-7-14/h1-3,6-9,12H,4-5,10-11,13H2,(H,21,24). The maximum absolute atomic E-state index is 12.4. The third kappa shape index (κ3) is 4.48. The van der Waals surface area contributed by atoms with E-state index in [4.69, 9.17) is 11.6 Å². The zero-order valence-corrected chi connectivity index (χ0v) is 16.1. The van der Waals surface area contributed by atoms with Crippen molar-refractivity contribution in [3.05, 3.63) is 64.7 Å². The van der Waals surface area contributed by atoms with E-state index < -0.39 is 15.9 Å². The van der Waals surface area contributed by atoms with Gasteiger partial charge in [-0.2, -0.15) is 0 Å². The van der Waals surface area contributed by atoms with Crippen molar-refractivity contribution < 1.29 is 18.0 Å². The fourth-order valence-corrected chi connectivity index (χ4v) is 4.81. The van der Waals surface area contributed by atoms with Crippen LogP contribution >= 0.6 is 11.6 Å². The van der Waals surface area contributed by atoms with Crippen molar-refractivity contribution in [2.75, 3.05) is 23.1 Å². The number of hydrogen-bond acceptors (Lipinski definition) is 4. The number of ketones is 1. The van der Waals surface area contributed by atoms with Crippen LogP contribution in [-0.4, -0.2) is 39.0 Å². The minimum Gasteiger partial charge on any atom is -0.345 e. The number of carbonyl (C=O) groups is 2. The van der Waals surface area contributed by atoms with Crippen molar-refractivity contribution in [3.63, 3.8) is 0 Å². The Balaban J connectivity index is 1.75. The smallest absolute Gasteiger partial charge is 0.251 e. The van der Waals surface area contributed by atoms with Crippen molar-refractivity contribution in [1.82, 2.24) is 5.32 Å². The molecule has 0 saturated carbocycles. The molecule has 27 heavy (non-hydrogen) atoms. The summed E-state index contributed by atoms with van der Waals surface area (Å²) in [6, 6.07) is 13.1. The summed E-state index contributed by atoms with van der Waals surface area (Å²) in [5.41, 5.74) is 1.04. The Labute approximate surface area is 163 Å². The zero-order valence-electron chi connectivity index (χ0n) is 14.5. The lowest BCUT2D eigenvalue weighted by molar-refractivity contribution is 0.0904. The molecule has 6 nitrogen and oxygen atoms in total. The lowest BCUT2D eigenvalue weighted by Crippen LogP contribution is -2.38. The average molecular weight is 407 g/mol. The van der Waals surface area contributed by atoms with Crippen LogP contribution in [0.5, 0.6) is 0 Å². The molecule has 142 valence electrons. The van der Waals surface area contributed by atoms with Gasteiger partial charge in [-0.05, 0) is 31.0 Å². The maximum Gasteiger partial charge on any atom is 0.251 e. The van der Waals surface area contributed by atoms with Gasteiger partial charge in [0, 0.05) is 17.7 Å². The van der Waals surface area contributed by atoms with Gasteiger partial charge in [0.2, 0.25) is 10.0 Å². The summed E-state index contributed by atoms with van der Waals surface area (Å²) in [7, 11) is -3.44. The van der Waals surface area contributed by atoms with Crippen LogP contribution in [-0.2, 0) is 10.0 Å². The van der Waals surface area contributed by atoms with E-state index in [0.29, 0.717) is 24.2 Å². The van der Waals surface area contributed by atoms with E-state index >= 15 is 0 Å². The highest BCUT2D eigenvalue weighted by Crippen LogP contribution is 2.31. The van der Waals surface area contributed by atoms with Gasteiger partial charge in [0.25, 0.3) is 5.91 Å². The Hall–Kier alpha value is -2.38. The van der Waals surface area contributed by atoms with Gasteiger partial charge >= 0.3 is 0 Å². The monoisotopic (exact) mass is 406 g/mol. The molecule has 0 aliphatic carbocycles. The quantitative estimate of drug-likeness (QED) is 0.774. The SMILES string of the molecule is O=C(CNC(=O)c1ccc(Cl)c(N2CCCCS2(=O)=O)c1)c1ccccc1. The molecule has 8 heteroatoms. The molecule has 0 aromatic heterocycles.